The van der Waals surface area contributed by atoms with E-state index in [0.717, 1.165) is 42.8 Å². The Balaban J connectivity index is 1.34. The maximum absolute atomic E-state index is 12.3. The minimum Gasteiger partial charge on any atom is -0.484 e. The molecule has 0 saturated carbocycles. The van der Waals surface area contributed by atoms with Crippen LogP contribution in [-0.2, 0) is 11.3 Å². The van der Waals surface area contributed by atoms with Crippen molar-refractivity contribution in [3.05, 3.63) is 70.6 Å². The van der Waals surface area contributed by atoms with E-state index in [9.17, 15) is 9.59 Å². The van der Waals surface area contributed by atoms with Crippen LogP contribution in [0.4, 0.5) is 5.69 Å². The van der Waals surface area contributed by atoms with Crippen molar-refractivity contribution in [3.8, 4) is 5.75 Å². The highest BCUT2D eigenvalue weighted by molar-refractivity contribution is 5.79. The molecule has 7 heteroatoms. The number of hydrogen-bond donors (Lipinski definition) is 1. The Kier molecular flexibility index (Phi) is 5.99. The first-order valence-corrected chi connectivity index (χ1v) is 10.0. The number of rotatable bonds is 6. The second-order valence-electron chi connectivity index (χ2n) is 7.44. The van der Waals surface area contributed by atoms with Crippen molar-refractivity contribution in [2.45, 2.75) is 6.54 Å². The van der Waals surface area contributed by atoms with Crippen LogP contribution in [0.3, 0.4) is 0 Å². The highest BCUT2D eigenvalue weighted by Gasteiger charge is 2.17. The third-order valence-electron chi connectivity index (χ3n) is 5.28. The maximum atomic E-state index is 12.3. The number of anilines is 1. The number of fused-ring (bicyclic) bond motifs is 1. The monoisotopic (exact) mass is 407 g/mol. The van der Waals surface area contributed by atoms with Gasteiger partial charge in [0.1, 0.15) is 11.3 Å². The fourth-order valence-corrected chi connectivity index (χ4v) is 3.54. The van der Waals surface area contributed by atoms with Crippen molar-refractivity contribution < 1.29 is 13.9 Å². The van der Waals surface area contributed by atoms with Gasteiger partial charge in [-0.1, -0.05) is 18.2 Å². The zero-order valence-electron chi connectivity index (χ0n) is 17.0. The number of nitrogens with one attached hydrogen (secondary N) is 1. The van der Waals surface area contributed by atoms with Gasteiger partial charge in [0.25, 0.3) is 5.91 Å². The molecule has 1 amide bonds. The highest BCUT2D eigenvalue weighted by atomic mass is 16.5. The number of hydrogen-bond acceptors (Lipinski definition) is 6. The summed E-state index contributed by atoms with van der Waals surface area (Å²) in [4.78, 5) is 28.3. The molecule has 4 rings (SSSR count). The topological polar surface area (TPSA) is 75.0 Å². The number of amides is 1. The standard InChI is InChI=1S/C23H25N3O4/c1-25-10-12-26(13-11-25)20-5-3-2-4-18(20)15-24-22(27)16-29-19-8-6-17-7-9-23(28)30-21(17)14-19/h2-9,14H,10-13,15-16H2,1H3,(H,24,27). The normalized spacial score (nSPS) is 14.6. The van der Waals surface area contributed by atoms with E-state index >= 15 is 0 Å². The van der Waals surface area contributed by atoms with Crippen LogP contribution in [0.25, 0.3) is 11.0 Å². The summed E-state index contributed by atoms with van der Waals surface area (Å²) >= 11 is 0. The van der Waals surface area contributed by atoms with Gasteiger partial charge in [0.05, 0.1) is 0 Å². The zero-order chi connectivity index (χ0) is 20.9. The maximum Gasteiger partial charge on any atom is 0.336 e. The van der Waals surface area contributed by atoms with Crippen LogP contribution in [-0.4, -0.2) is 50.6 Å². The predicted octanol–water partition coefficient (Wildman–Crippen LogP) is 2.24. The van der Waals surface area contributed by atoms with Crippen LogP contribution in [0.15, 0.2) is 63.8 Å². The third kappa shape index (κ3) is 4.80. The van der Waals surface area contributed by atoms with Crippen LogP contribution in [0.1, 0.15) is 5.56 Å². The molecule has 2 heterocycles. The minimum absolute atomic E-state index is 0.112. The second kappa shape index (κ2) is 9.00. The quantitative estimate of drug-likeness (QED) is 0.632. The first-order chi connectivity index (χ1) is 14.6. The molecule has 1 fully saturated rings. The summed E-state index contributed by atoms with van der Waals surface area (Å²) in [6.45, 7) is 4.34. The number of nitrogens with zero attached hydrogens (tertiary/aromatic N) is 2. The average molecular weight is 407 g/mol. The lowest BCUT2D eigenvalue weighted by molar-refractivity contribution is -0.123. The van der Waals surface area contributed by atoms with Crippen molar-refractivity contribution in [2.75, 3.05) is 44.7 Å². The molecule has 7 nitrogen and oxygen atoms in total. The highest BCUT2D eigenvalue weighted by Crippen LogP contribution is 2.22. The van der Waals surface area contributed by atoms with Crippen molar-refractivity contribution in [3.63, 3.8) is 0 Å². The van der Waals surface area contributed by atoms with Gasteiger partial charge in [0.2, 0.25) is 0 Å². The van der Waals surface area contributed by atoms with E-state index in [2.05, 4.69) is 28.2 Å². The Morgan fingerprint density at radius 1 is 1.07 bits per heavy atom. The molecule has 156 valence electrons. The lowest BCUT2D eigenvalue weighted by atomic mass is 10.1. The van der Waals surface area contributed by atoms with Crippen LogP contribution < -0.4 is 20.6 Å². The summed E-state index contributed by atoms with van der Waals surface area (Å²) in [5.74, 6) is 0.266. The van der Waals surface area contributed by atoms with Gasteiger partial charge >= 0.3 is 5.63 Å². The van der Waals surface area contributed by atoms with Gasteiger partial charge in [-0.25, -0.2) is 4.79 Å². The van der Waals surface area contributed by atoms with E-state index in [-0.39, 0.29) is 12.5 Å². The molecular weight excluding hydrogens is 382 g/mol. The molecule has 0 spiro atoms. The molecule has 1 aliphatic heterocycles. The van der Waals surface area contributed by atoms with Crippen molar-refractivity contribution in [1.29, 1.82) is 0 Å². The van der Waals surface area contributed by atoms with Gasteiger partial charge in [-0.3, -0.25) is 4.79 Å². The number of piperazine rings is 1. The number of ether oxygens (including phenoxy) is 1. The van der Waals surface area contributed by atoms with Gasteiger partial charge in [-0.2, -0.15) is 0 Å². The van der Waals surface area contributed by atoms with E-state index in [0.29, 0.717) is 17.9 Å². The summed E-state index contributed by atoms with van der Waals surface area (Å²) in [6, 6.07) is 16.4. The van der Waals surface area contributed by atoms with E-state index in [1.807, 2.05) is 18.2 Å². The van der Waals surface area contributed by atoms with Crippen LogP contribution in [0, 0.1) is 0 Å². The number of carbonyl (C=O) groups is 1. The fraction of sp³-hybridized carbons (Fsp3) is 0.304. The van der Waals surface area contributed by atoms with Gasteiger partial charge in [0.15, 0.2) is 6.61 Å². The molecule has 0 atom stereocenters. The SMILES string of the molecule is CN1CCN(c2ccccc2CNC(=O)COc2ccc3ccc(=O)oc3c2)CC1. The summed E-state index contributed by atoms with van der Waals surface area (Å²) in [5, 5.41) is 3.73. The predicted molar refractivity (Wildman–Crippen MR) is 116 cm³/mol. The molecule has 0 bridgehead atoms. The Morgan fingerprint density at radius 3 is 2.67 bits per heavy atom. The summed E-state index contributed by atoms with van der Waals surface area (Å²) < 4.78 is 10.7. The number of benzene rings is 2. The Hall–Kier alpha value is -3.32. The molecule has 2 aromatic carbocycles. The summed E-state index contributed by atoms with van der Waals surface area (Å²) in [6.07, 6.45) is 0. The summed E-state index contributed by atoms with van der Waals surface area (Å²) in [5.41, 5.74) is 2.26. The molecule has 3 aromatic rings. The second-order valence-corrected chi connectivity index (χ2v) is 7.44. The molecule has 1 N–H and O–H groups in total. The largest absolute Gasteiger partial charge is 0.484 e. The molecule has 0 unspecified atom stereocenters. The number of likely N-dealkylation sites (N-methyl/N-ethyl adjacent to an activating group) is 1. The van der Waals surface area contributed by atoms with Crippen molar-refractivity contribution >= 4 is 22.6 Å². The van der Waals surface area contributed by atoms with E-state index in [1.54, 1.807) is 24.3 Å². The molecular formula is C23H25N3O4. The van der Waals surface area contributed by atoms with E-state index in [4.69, 9.17) is 9.15 Å². The molecule has 1 aromatic heterocycles. The Morgan fingerprint density at radius 2 is 1.83 bits per heavy atom. The van der Waals surface area contributed by atoms with Crippen LogP contribution in [0.2, 0.25) is 0 Å². The van der Waals surface area contributed by atoms with Crippen molar-refractivity contribution in [1.82, 2.24) is 10.2 Å². The Labute approximate surface area is 174 Å². The molecule has 1 aliphatic rings. The lowest BCUT2D eigenvalue weighted by Crippen LogP contribution is -2.45. The number of para-hydroxylation sites is 1. The first kappa shape index (κ1) is 20.0. The van der Waals surface area contributed by atoms with Crippen molar-refractivity contribution in [2.24, 2.45) is 0 Å². The van der Waals surface area contributed by atoms with Gasteiger partial charge in [-0.15, -0.1) is 0 Å². The third-order valence-corrected chi connectivity index (χ3v) is 5.28. The van der Waals surface area contributed by atoms with E-state index < -0.39 is 5.63 Å². The molecule has 30 heavy (non-hydrogen) atoms. The molecule has 1 saturated heterocycles. The van der Waals surface area contributed by atoms with E-state index in [1.165, 1.54) is 6.07 Å². The first-order valence-electron chi connectivity index (χ1n) is 10.0. The zero-order valence-corrected chi connectivity index (χ0v) is 17.0. The van der Waals surface area contributed by atoms with Gasteiger partial charge < -0.3 is 24.3 Å². The lowest BCUT2D eigenvalue weighted by Gasteiger charge is -2.35. The number of carbonyl (C=O) groups excluding carboxylic acids is 1. The summed E-state index contributed by atoms with van der Waals surface area (Å²) in [7, 11) is 2.13. The smallest absolute Gasteiger partial charge is 0.336 e. The fourth-order valence-electron chi connectivity index (χ4n) is 3.54. The van der Waals surface area contributed by atoms with Crippen LogP contribution >= 0.6 is 0 Å². The van der Waals surface area contributed by atoms with Gasteiger partial charge in [0, 0.05) is 55.9 Å². The molecule has 0 aliphatic carbocycles. The Bertz CT molecular complexity index is 1090. The van der Waals surface area contributed by atoms with Crippen LogP contribution in [0.5, 0.6) is 5.75 Å². The average Bonchev–Trinajstić information content (AvgIpc) is 2.76. The molecule has 0 radical (unpaired) electrons. The van der Waals surface area contributed by atoms with Gasteiger partial charge in [-0.05, 0) is 36.9 Å². The minimum atomic E-state index is -0.420.